The van der Waals surface area contributed by atoms with E-state index in [-0.39, 0.29) is 11.8 Å². The highest BCUT2D eigenvalue weighted by Gasteiger charge is 2.19. The molecule has 0 unspecified atom stereocenters. The van der Waals surface area contributed by atoms with Crippen LogP contribution in [0.3, 0.4) is 0 Å². The van der Waals surface area contributed by atoms with Crippen molar-refractivity contribution in [1.29, 1.82) is 0 Å². The summed E-state index contributed by atoms with van der Waals surface area (Å²) in [6.07, 6.45) is 13.4. The highest BCUT2D eigenvalue weighted by Crippen LogP contribution is 2.15. The van der Waals surface area contributed by atoms with Crippen LogP contribution in [-0.2, 0) is 9.59 Å². The number of thiol groups is 1. The number of unbranched alkanes of at least 4 members (excludes halogenated alkanes) is 8. The van der Waals surface area contributed by atoms with Crippen LogP contribution in [0.25, 0.3) is 0 Å². The first kappa shape index (κ1) is 16.3. The van der Waals surface area contributed by atoms with E-state index in [1.807, 2.05) is 0 Å². The Hall–Kier alpha value is -0.770. The van der Waals surface area contributed by atoms with Crippen molar-refractivity contribution >= 4 is 24.4 Å². The number of carbonyl (C=O) groups is 2. The van der Waals surface area contributed by atoms with Crippen molar-refractivity contribution in [3.8, 4) is 0 Å². The summed E-state index contributed by atoms with van der Waals surface area (Å²) >= 11 is 4.20. The van der Waals surface area contributed by atoms with E-state index in [1.165, 1.54) is 51.0 Å². The fourth-order valence-electron chi connectivity index (χ4n) is 2.30. The molecule has 0 bridgehead atoms. The topological polar surface area (TPSA) is 46.2 Å². The van der Waals surface area contributed by atoms with E-state index in [2.05, 4.69) is 17.9 Å². The van der Waals surface area contributed by atoms with E-state index in [1.54, 1.807) is 0 Å². The van der Waals surface area contributed by atoms with Gasteiger partial charge in [-0.3, -0.25) is 14.9 Å². The molecule has 2 amide bonds. The second kappa shape index (κ2) is 10.1. The van der Waals surface area contributed by atoms with Gasteiger partial charge < -0.3 is 0 Å². The van der Waals surface area contributed by atoms with Gasteiger partial charge in [-0.1, -0.05) is 44.9 Å². The molecule has 1 aliphatic rings. The summed E-state index contributed by atoms with van der Waals surface area (Å²) in [7, 11) is 0. The standard InChI is InChI=1S/C15H25NO2S/c17-14-12-13(15(18)16-14)10-8-6-4-2-1-3-5-7-9-11-19/h12,19H,1-11H2,(H,16,17,18). The minimum absolute atomic E-state index is 0.200. The first-order chi connectivity index (χ1) is 9.24. The lowest BCUT2D eigenvalue weighted by Crippen LogP contribution is -2.22. The Balaban J connectivity index is 1.88. The lowest BCUT2D eigenvalue weighted by Gasteiger charge is -2.02. The number of hydrogen-bond acceptors (Lipinski definition) is 3. The number of hydrogen-bond donors (Lipinski definition) is 2. The van der Waals surface area contributed by atoms with Crippen LogP contribution in [0.5, 0.6) is 0 Å². The van der Waals surface area contributed by atoms with Gasteiger partial charge in [0, 0.05) is 11.6 Å². The van der Waals surface area contributed by atoms with Crippen molar-refractivity contribution < 1.29 is 9.59 Å². The molecule has 4 heteroatoms. The Bertz CT molecular complexity index is 326. The van der Waals surface area contributed by atoms with Crippen LogP contribution >= 0.6 is 12.6 Å². The zero-order valence-electron chi connectivity index (χ0n) is 11.6. The lowest BCUT2D eigenvalue weighted by atomic mass is 10.0. The zero-order valence-corrected chi connectivity index (χ0v) is 12.5. The molecule has 0 fully saturated rings. The van der Waals surface area contributed by atoms with Crippen LogP contribution < -0.4 is 5.32 Å². The van der Waals surface area contributed by atoms with Gasteiger partial charge in [-0.15, -0.1) is 0 Å². The summed E-state index contributed by atoms with van der Waals surface area (Å²) < 4.78 is 0. The molecular weight excluding hydrogens is 258 g/mol. The maximum atomic E-state index is 11.3. The number of nitrogens with one attached hydrogen (secondary N) is 1. The van der Waals surface area contributed by atoms with Crippen molar-refractivity contribution in [2.45, 2.75) is 64.2 Å². The fourth-order valence-corrected chi connectivity index (χ4v) is 2.53. The first-order valence-electron chi connectivity index (χ1n) is 7.41. The molecule has 0 aromatic rings. The van der Waals surface area contributed by atoms with Crippen LogP contribution in [0.4, 0.5) is 0 Å². The van der Waals surface area contributed by atoms with Gasteiger partial charge in [0.15, 0.2) is 0 Å². The van der Waals surface area contributed by atoms with Gasteiger partial charge in [-0.05, 0) is 25.0 Å². The monoisotopic (exact) mass is 283 g/mol. The first-order valence-corrected chi connectivity index (χ1v) is 8.04. The van der Waals surface area contributed by atoms with E-state index in [0.29, 0.717) is 5.57 Å². The Morgan fingerprint density at radius 3 is 1.84 bits per heavy atom. The SMILES string of the molecule is O=C1C=C(CCCCCCCCCCCS)C(=O)N1. The van der Waals surface area contributed by atoms with Crippen molar-refractivity contribution in [3.05, 3.63) is 11.6 Å². The smallest absolute Gasteiger partial charge is 0.254 e. The second-order valence-corrected chi connectivity index (χ2v) is 5.59. The van der Waals surface area contributed by atoms with Gasteiger partial charge >= 0.3 is 0 Å². The van der Waals surface area contributed by atoms with Crippen LogP contribution in [0.1, 0.15) is 64.2 Å². The van der Waals surface area contributed by atoms with E-state index in [0.717, 1.165) is 25.0 Å². The minimum Gasteiger partial charge on any atom is -0.289 e. The Labute approximate surface area is 121 Å². The van der Waals surface area contributed by atoms with Crippen LogP contribution in [-0.4, -0.2) is 17.6 Å². The summed E-state index contributed by atoms with van der Waals surface area (Å²) in [6, 6.07) is 0. The number of rotatable bonds is 11. The largest absolute Gasteiger partial charge is 0.289 e. The Kier molecular flexibility index (Phi) is 8.63. The molecule has 0 aromatic heterocycles. The van der Waals surface area contributed by atoms with Gasteiger partial charge in [0.25, 0.3) is 11.8 Å². The fraction of sp³-hybridized carbons (Fsp3) is 0.733. The van der Waals surface area contributed by atoms with Gasteiger partial charge in [-0.2, -0.15) is 12.6 Å². The van der Waals surface area contributed by atoms with Gasteiger partial charge in [-0.25, -0.2) is 0 Å². The zero-order chi connectivity index (χ0) is 13.9. The summed E-state index contributed by atoms with van der Waals surface area (Å²) in [6.45, 7) is 0. The lowest BCUT2D eigenvalue weighted by molar-refractivity contribution is -0.123. The molecule has 0 atom stereocenters. The maximum Gasteiger partial charge on any atom is 0.254 e. The molecule has 1 rings (SSSR count). The number of imide groups is 1. The summed E-state index contributed by atoms with van der Waals surface area (Å²) in [5.41, 5.74) is 0.650. The van der Waals surface area contributed by atoms with E-state index >= 15 is 0 Å². The molecule has 108 valence electrons. The molecule has 1 aliphatic heterocycles. The Morgan fingerprint density at radius 2 is 1.37 bits per heavy atom. The van der Waals surface area contributed by atoms with Gasteiger partial charge in [0.1, 0.15) is 0 Å². The summed E-state index contributed by atoms with van der Waals surface area (Å²) in [4.78, 5) is 22.2. The van der Waals surface area contributed by atoms with Crippen molar-refractivity contribution in [3.63, 3.8) is 0 Å². The molecule has 1 N–H and O–H groups in total. The van der Waals surface area contributed by atoms with Crippen LogP contribution in [0, 0.1) is 0 Å². The Morgan fingerprint density at radius 1 is 0.842 bits per heavy atom. The highest BCUT2D eigenvalue weighted by molar-refractivity contribution is 7.80. The second-order valence-electron chi connectivity index (χ2n) is 5.14. The third-order valence-electron chi connectivity index (χ3n) is 3.44. The molecule has 0 spiro atoms. The average Bonchev–Trinajstić information content (AvgIpc) is 2.70. The molecule has 0 saturated heterocycles. The molecule has 1 heterocycles. The van der Waals surface area contributed by atoms with E-state index < -0.39 is 0 Å². The van der Waals surface area contributed by atoms with Crippen LogP contribution in [0.2, 0.25) is 0 Å². The van der Waals surface area contributed by atoms with Crippen LogP contribution in [0.15, 0.2) is 11.6 Å². The third-order valence-corrected chi connectivity index (χ3v) is 3.75. The predicted octanol–water partition coefficient (Wildman–Crippen LogP) is 3.40. The molecule has 0 aliphatic carbocycles. The van der Waals surface area contributed by atoms with Crippen molar-refractivity contribution in [2.75, 3.05) is 5.75 Å². The van der Waals surface area contributed by atoms with Gasteiger partial charge in [0.05, 0.1) is 0 Å². The normalized spacial score (nSPS) is 14.7. The summed E-state index contributed by atoms with van der Waals surface area (Å²) in [5, 5.41) is 2.28. The number of carbonyl (C=O) groups excluding carboxylic acids is 2. The minimum atomic E-state index is -0.263. The molecule has 0 aromatic carbocycles. The van der Waals surface area contributed by atoms with Crippen molar-refractivity contribution in [2.24, 2.45) is 0 Å². The van der Waals surface area contributed by atoms with Gasteiger partial charge in [0.2, 0.25) is 0 Å². The number of amides is 2. The van der Waals surface area contributed by atoms with E-state index in [4.69, 9.17) is 0 Å². The maximum absolute atomic E-state index is 11.3. The molecule has 0 radical (unpaired) electrons. The van der Waals surface area contributed by atoms with Crippen molar-refractivity contribution in [1.82, 2.24) is 5.32 Å². The molecular formula is C15H25NO2S. The molecule has 0 saturated carbocycles. The predicted molar refractivity (Wildman–Crippen MR) is 81.3 cm³/mol. The third kappa shape index (κ3) is 7.41. The molecule has 3 nitrogen and oxygen atoms in total. The molecule has 19 heavy (non-hydrogen) atoms. The highest BCUT2D eigenvalue weighted by atomic mass is 32.1. The summed E-state index contributed by atoms with van der Waals surface area (Å²) in [5.74, 6) is 0.543. The quantitative estimate of drug-likeness (QED) is 0.347. The average molecular weight is 283 g/mol. The van der Waals surface area contributed by atoms with E-state index in [9.17, 15) is 9.59 Å².